The van der Waals surface area contributed by atoms with Gasteiger partial charge in [-0.3, -0.25) is 0 Å². The van der Waals surface area contributed by atoms with Crippen LogP contribution in [0.3, 0.4) is 0 Å². The van der Waals surface area contributed by atoms with Gasteiger partial charge < -0.3 is 10.1 Å². The maximum absolute atomic E-state index is 5.28. The SMILES string of the molecule is COc1ccc(CNc2ncnc3ccccc23)cc1C. The average Bonchev–Trinajstić information content (AvgIpc) is 2.53. The summed E-state index contributed by atoms with van der Waals surface area (Å²) in [5.74, 6) is 1.76. The molecule has 0 unspecified atom stereocenters. The van der Waals surface area contributed by atoms with Crippen molar-refractivity contribution >= 4 is 16.7 Å². The number of hydrogen-bond donors (Lipinski definition) is 1. The fraction of sp³-hybridized carbons (Fsp3) is 0.176. The van der Waals surface area contributed by atoms with Crippen LogP contribution in [-0.2, 0) is 6.54 Å². The molecule has 2 aromatic carbocycles. The lowest BCUT2D eigenvalue weighted by Gasteiger charge is -2.10. The number of anilines is 1. The van der Waals surface area contributed by atoms with Crippen molar-refractivity contribution < 1.29 is 4.74 Å². The third-order valence-electron chi connectivity index (χ3n) is 3.46. The van der Waals surface area contributed by atoms with Crippen molar-refractivity contribution in [3.63, 3.8) is 0 Å². The molecule has 3 rings (SSSR count). The summed E-state index contributed by atoms with van der Waals surface area (Å²) in [6, 6.07) is 14.2. The summed E-state index contributed by atoms with van der Waals surface area (Å²) >= 11 is 0. The molecule has 0 aliphatic rings. The Morgan fingerprint density at radius 2 is 1.95 bits per heavy atom. The number of ether oxygens (including phenoxy) is 1. The van der Waals surface area contributed by atoms with Gasteiger partial charge in [0.05, 0.1) is 12.6 Å². The summed E-state index contributed by atoms with van der Waals surface area (Å²) in [6.45, 7) is 2.76. The molecule has 0 atom stereocenters. The summed E-state index contributed by atoms with van der Waals surface area (Å²) in [4.78, 5) is 8.60. The first kappa shape index (κ1) is 13.4. The van der Waals surface area contributed by atoms with E-state index in [2.05, 4.69) is 27.4 Å². The Morgan fingerprint density at radius 3 is 2.76 bits per heavy atom. The molecule has 106 valence electrons. The van der Waals surface area contributed by atoms with Gasteiger partial charge in [0, 0.05) is 11.9 Å². The Kier molecular flexibility index (Phi) is 3.69. The lowest BCUT2D eigenvalue weighted by Crippen LogP contribution is -2.03. The number of hydrogen-bond acceptors (Lipinski definition) is 4. The molecule has 0 radical (unpaired) electrons. The fourth-order valence-corrected chi connectivity index (χ4v) is 2.38. The molecule has 0 saturated heterocycles. The molecule has 1 aromatic heterocycles. The fourth-order valence-electron chi connectivity index (χ4n) is 2.38. The topological polar surface area (TPSA) is 47.0 Å². The van der Waals surface area contributed by atoms with E-state index < -0.39 is 0 Å². The molecule has 3 aromatic rings. The van der Waals surface area contributed by atoms with Crippen molar-refractivity contribution in [1.29, 1.82) is 0 Å². The quantitative estimate of drug-likeness (QED) is 0.793. The molecule has 0 bridgehead atoms. The van der Waals surface area contributed by atoms with Gasteiger partial charge in [0.2, 0.25) is 0 Å². The van der Waals surface area contributed by atoms with Gasteiger partial charge >= 0.3 is 0 Å². The summed E-state index contributed by atoms with van der Waals surface area (Å²) < 4.78 is 5.28. The zero-order valence-corrected chi connectivity index (χ0v) is 12.1. The van der Waals surface area contributed by atoms with Crippen LogP contribution >= 0.6 is 0 Å². The first-order valence-electron chi connectivity index (χ1n) is 6.85. The number of nitrogens with zero attached hydrogens (tertiary/aromatic N) is 2. The van der Waals surface area contributed by atoms with Crippen molar-refractivity contribution in [2.24, 2.45) is 0 Å². The first-order valence-corrected chi connectivity index (χ1v) is 6.85. The second-order valence-electron chi connectivity index (χ2n) is 4.90. The van der Waals surface area contributed by atoms with E-state index in [4.69, 9.17) is 4.74 Å². The minimum atomic E-state index is 0.714. The molecule has 1 N–H and O–H groups in total. The summed E-state index contributed by atoms with van der Waals surface area (Å²) in [5.41, 5.74) is 3.27. The van der Waals surface area contributed by atoms with Crippen LogP contribution in [0.2, 0.25) is 0 Å². The van der Waals surface area contributed by atoms with Crippen molar-refractivity contribution in [3.05, 3.63) is 59.9 Å². The smallest absolute Gasteiger partial charge is 0.137 e. The Bertz CT molecular complexity index is 766. The zero-order chi connectivity index (χ0) is 14.7. The number of methoxy groups -OCH3 is 1. The predicted molar refractivity (Wildman–Crippen MR) is 84.6 cm³/mol. The van der Waals surface area contributed by atoms with Gasteiger partial charge in [-0.25, -0.2) is 9.97 Å². The van der Waals surface area contributed by atoms with E-state index in [1.54, 1.807) is 13.4 Å². The minimum absolute atomic E-state index is 0.714. The van der Waals surface area contributed by atoms with E-state index >= 15 is 0 Å². The van der Waals surface area contributed by atoms with Crippen LogP contribution in [0.1, 0.15) is 11.1 Å². The van der Waals surface area contributed by atoms with E-state index in [9.17, 15) is 0 Å². The highest BCUT2D eigenvalue weighted by Crippen LogP contribution is 2.21. The molecular weight excluding hydrogens is 262 g/mol. The molecular formula is C17H17N3O. The maximum atomic E-state index is 5.28. The standard InChI is InChI=1S/C17H17N3O/c1-12-9-13(7-8-16(12)21-2)10-18-17-14-5-3-4-6-15(14)19-11-20-17/h3-9,11H,10H2,1-2H3,(H,18,19,20). The van der Waals surface area contributed by atoms with Crippen molar-refractivity contribution in [3.8, 4) is 5.75 Å². The van der Waals surface area contributed by atoms with Crippen LogP contribution in [0, 0.1) is 6.92 Å². The molecule has 4 heteroatoms. The molecule has 0 aliphatic heterocycles. The average molecular weight is 279 g/mol. The normalized spacial score (nSPS) is 10.6. The largest absolute Gasteiger partial charge is 0.496 e. The Hall–Kier alpha value is -2.62. The molecule has 0 aliphatic carbocycles. The third kappa shape index (κ3) is 2.79. The molecule has 4 nitrogen and oxygen atoms in total. The molecule has 0 amide bonds. The van der Waals surface area contributed by atoms with Gasteiger partial charge in [-0.1, -0.05) is 24.3 Å². The van der Waals surface area contributed by atoms with E-state index in [1.807, 2.05) is 37.3 Å². The van der Waals surface area contributed by atoms with Crippen LogP contribution in [0.4, 0.5) is 5.82 Å². The minimum Gasteiger partial charge on any atom is -0.496 e. The van der Waals surface area contributed by atoms with Gasteiger partial charge in [-0.2, -0.15) is 0 Å². The van der Waals surface area contributed by atoms with Gasteiger partial charge in [0.25, 0.3) is 0 Å². The third-order valence-corrected chi connectivity index (χ3v) is 3.46. The monoisotopic (exact) mass is 279 g/mol. The predicted octanol–water partition coefficient (Wildman–Crippen LogP) is 3.56. The molecule has 0 saturated carbocycles. The Morgan fingerprint density at radius 1 is 1.10 bits per heavy atom. The van der Waals surface area contributed by atoms with Crippen LogP contribution in [-0.4, -0.2) is 17.1 Å². The van der Waals surface area contributed by atoms with Crippen LogP contribution in [0.15, 0.2) is 48.8 Å². The van der Waals surface area contributed by atoms with E-state index in [0.717, 1.165) is 28.0 Å². The Balaban J connectivity index is 1.82. The van der Waals surface area contributed by atoms with E-state index in [-0.39, 0.29) is 0 Å². The number of fused-ring (bicyclic) bond motifs is 1. The molecule has 1 heterocycles. The van der Waals surface area contributed by atoms with Gasteiger partial charge in [0.1, 0.15) is 17.9 Å². The van der Waals surface area contributed by atoms with Crippen molar-refractivity contribution in [1.82, 2.24) is 9.97 Å². The van der Waals surface area contributed by atoms with Crippen LogP contribution in [0.25, 0.3) is 10.9 Å². The molecule has 21 heavy (non-hydrogen) atoms. The number of para-hydroxylation sites is 1. The summed E-state index contributed by atoms with van der Waals surface area (Å²) in [5, 5.41) is 4.41. The second-order valence-corrected chi connectivity index (χ2v) is 4.90. The van der Waals surface area contributed by atoms with Crippen molar-refractivity contribution in [2.45, 2.75) is 13.5 Å². The zero-order valence-electron chi connectivity index (χ0n) is 12.1. The van der Waals surface area contributed by atoms with Gasteiger partial charge in [0.15, 0.2) is 0 Å². The number of nitrogens with one attached hydrogen (secondary N) is 1. The van der Waals surface area contributed by atoms with Gasteiger partial charge in [-0.05, 0) is 36.2 Å². The lowest BCUT2D eigenvalue weighted by molar-refractivity contribution is 0.411. The second kappa shape index (κ2) is 5.79. The number of benzene rings is 2. The number of rotatable bonds is 4. The maximum Gasteiger partial charge on any atom is 0.137 e. The van der Waals surface area contributed by atoms with Crippen LogP contribution < -0.4 is 10.1 Å². The van der Waals surface area contributed by atoms with E-state index in [1.165, 1.54) is 5.56 Å². The number of aryl methyl sites for hydroxylation is 1. The highest BCUT2D eigenvalue weighted by molar-refractivity contribution is 5.88. The number of aromatic nitrogens is 2. The Labute approximate surface area is 123 Å². The first-order chi connectivity index (χ1) is 10.3. The van der Waals surface area contributed by atoms with Crippen molar-refractivity contribution in [2.75, 3.05) is 12.4 Å². The van der Waals surface area contributed by atoms with Gasteiger partial charge in [-0.15, -0.1) is 0 Å². The summed E-state index contributed by atoms with van der Waals surface area (Å²) in [6.07, 6.45) is 1.59. The summed E-state index contributed by atoms with van der Waals surface area (Å²) in [7, 11) is 1.69. The highest BCUT2D eigenvalue weighted by atomic mass is 16.5. The molecule has 0 fully saturated rings. The highest BCUT2D eigenvalue weighted by Gasteiger charge is 2.04. The van der Waals surface area contributed by atoms with E-state index in [0.29, 0.717) is 6.54 Å². The lowest BCUT2D eigenvalue weighted by atomic mass is 10.1. The van der Waals surface area contributed by atoms with Crippen LogP contribution in [0.5, 0.6) is 5.75 Å². The molecule has 0 spiro atoms.